The first kappa shape index (κ1) is 15.2. The van der Waals surface area contributed by atoms with Gasteiger partial charge in [-0.3, -0.25) is 0 Å². The molecule has 2 aromatic rings. The smallest absolute Gasteiger partial charge is 0.137 e. The predicted octanol–water partition coefficient (Wildman–Crippen LogP) is 4.17. The highest BCUT2D eigenvalue weighted by molar-refractivity contribution is 9.10. The van der Waals surface area contributed by atoms with E-state index in [4.69, 9.17) is 26.8 Å². The van der Waals surface area contributed by atoms with Crippen molar-refractivity contribution in [1.29, 1.82) is 0 Å². The molecule has 0 radical (unpaired) electrons. The van der Waals surface area contributed by atoms with Gasteiger partial charge in [0.25, 0.3) is 0 Å². The lowest BCUT2D eigenvalue weighted by atomic mass is 9.99. The fraction of sp³-hybridized carbons (Fsp3) is 0.200. The van der Waals surface area contributed by atoms with Crippen LogP contribution in [0.5, 0.6) is 11.5 Å². The molecule has 0 heterocycles. The molecule has 0 amide bonds. The van der Waals surface area contributed by atoms with Gasteiger partial charge in [0.05, 0.1) is 29.8 Å². The zero-order chi connectivity index (χ0) is 14.7. The summed E-state index contributed by atoms with van der Waals surface area (Å²) < 4.78 is 11.2. The standard InChI is InChI=1S/C15H15BrClNO2/c1-19-13-5-3-9(7-11(13)16)15(18)10-4-6-14(20-2)12(17)8-10/h3-8,15H,18H2,1-2H3. The minimum atomic E-state index is -0.263. The highest BCUT2D eigenvalue weighted by atomic mass is 79.9. The summed E-state index contributed by atoms with van der Waals surface area (Å²) in [5.74, 6) is 1.41. The van der Waals surface area contributed by atoms with Crippen molar-refractivity contribution in [2.45, 2.75) is 6.04 Å². The number of nitrogens with two attached hydrogens (primary N) is 1. The molecule has 2 N–H and O–H groups in total. The van der Waals surface area contributed by atoms with E-state index in [1.54, 1.807) is 14.2 Å². The monoisotopic (exact) mass is 355 g/mol. The van der Waals surface area contributed by atoms with E-state index in [0.717, 1.165) is 21.3 Å². The first-order valence-corrected chi connectivity index (χ1v) is 7.16. The highest BCUT2D eigenvalue weighted by Crippen LogP contribution is 2.32. The van der Waals surface area contributed by atoms with Crippen molar-refractivity contribution in [2.75, 3.05) is 14.2 Å². The molecule has 2 aromatic carbocycles. The van der Waals surface area contributed by atoms with E-state index < -0.39 is 0 Å². The lowest BCUT2D eigenvalue weighted by Crippen LogP contribution is -2.12. The van der Waals surface area contributed by atoms with Crippen LogP contribution in [0.3, 0.4) is 0 Å². The van der Waals surface area contributed by atoms with E-state index >= 15 is 0 Å². The van der Waals surface area contributed by atoms with Crippen LogP contribution in [0.1, 0.15) is 17.2 Å². The summed E-state index contributed by atoms with van der Waals surface area (Å²) >= 11 is 9.59. The van der Waals surface area contributed by atoms with Gasteiger partial charge in [-0.1, -0.05) is 23.7 Å². The molecule has 1 unspecified atom stereocenters. The summed E-state index contributed by atoms with van der Waals surface area (Å²) in [6, 6.07) is 11.0. The first-order chi connectivity index (χ1) is 9.56. The molecular formula is C15H15BrClNO2. The van der Waals surface area contributed by atoms with Crippen molar-refractivity contribution < 1.29 is 9.47 Å². The second-order valence-electron chi connectivity index (χ2n) is 4.27. The maximum atomic E-state index is 6.28. The lowest BCUT2D eigenvalue weighted by molar-refractivity contribution is 0.412. The van der Waals surface area contributed by atoms with E-state index in [0.29, 0.717) is 10.8 Å². The number of benzene rings is 2. The molecule has 0 aliphatic heterocycles. The van der Waals surface area contributed by atoms with Crippen LogP contribution in [0.4, 0.5) is 0 Å². The number of methoxy groups -OCH3 is 2. The Kier molecular flexibility index (Phi) is 4.91. The Balaban J connectivity index is 2.33. The molecule has 0 aliphatic carbocycles. The summed E-state index contributed by atoms with van der Waals surface area (Å²) in [6.45, 7) is 0. The Labute approximate surface area is 131 Å². The maximum absolute atomic E-state index is 6.28. The molecule has 0 fully saturated rings. The van der Waals surface area contributed by atoms with E-state index in [1.165, 1.54) is 0 Å². The van der Waals surface area contributed by atoms with Crippen LogP contribution in [0.25, 0.3) is 0 Å². The van der Waals surface area contributed by atoms with Crippen molar-refractivity contribution in [3.05, 3.63) is 57.0 Å². The van der Waals surface area contributed by atoms with Crippen LogP contribution < -0.4 is 15.2 Å². The number of hydrogen-bond donors (Lipinski definition) is 1. The first-order valence-electron chi connectivity index (χ1n) is 5.99. The van der Waals surface area contributed by atoms with Gasteiger partial charge in [0.15, 0.2) is 0 Å². The van der Waals surface area contributed by atoms with Crippen LogP contribution in [0, 0.1) is 0 Å². The summed E-state index contributed by atoms with van der Waals surface area (Å²) in [4.78, 5) is 0. The molecule has 0 saturated heterocycles. The van der Waals surface area contributed by atoms with Crippen LogP contribution in [0.2, 0.25) is 5.02 Å². The van der Waals surface area contributed by atoms with Gasteiger partial charge < -0.3 is 15.2 Å². The topological polar surface area (TPSA) is 44.5 Å². The SMILES string of the molecule is COc1ccc(C(N)c2ccc(OC)c(Br)c2)cc1Cl. The second-order valence-corrected chi connectivity index (χ2v) is 5.53. The van der Waals surface area contributed by atoms with E-state index in [-0.39, 0.29) is 6.04 Å². The van der Waals surface area contributed by atoms with Gasteiger partial charge in [-0.05, 0) is 51.3 Å². The molecule has 0 aliphatic rings. The average molecular weight is 357 g/mol. The van der Waals surface area contributed by atoms with Crippen molar-refractivity contribution in [1.82, 2.24) is 0 Å². The maximum Gasteiger partial charge on any atom is 0.137 e. The molecule has 3 nitrogen and oxygen atoms in total. The van der Waals surface area contributed by atoms with Crippen LogP contribution in [-0.4, -0.2) is 14.2 Å². The molecule has 0 spiro atoms. The summed E-state index contributed by atoms with van der Waals surface area (Å²) in [5.41, 5.74) is 8.17. The summed E-state index contributed by atoms with van der Waals surface area (Å²) in [7, 11) is 3.21. The largest absolute Gasteiger partial charge is 0.496 e. The van der Waals surface area contributed by atoms with Crippen molar-refractivity contribution in [3.8, 4) is 11.5 Å². The Morgan fingerprint density at radius 3 is 2.05 bits per heavy atom. The zero-order valence-electron chi connectivity index (χ0n) is 11.2. The average Bonchev–Trinajstić information content (AvgIpc) is 2.46. The number of halogens is 2. The molecular weight excluding hydrogens is 342 g/mol. The number of ether oxygens (including phenoxy) is 2. The molecule has 2 rings (SSSR count). The number of hydrogen-bond acceptors (Lipinski definition) is 3. The van der Waals surface area contributed by atoms with Crippen LogP contribution in [0.15, 0.2) is 40.9 Å². The summed E-state index contributed by atoms with van der Waals surface area (Å²) in [6.07, 6.45) is 0. The van der Waals surface area contributed by atoms with Gasteiger partial charge in [0.2, 0.25) is 0 Å². The summed E-state index contributed by atoms with van der Waals surface area (Å²) in [5, 5.41) is 0.549. The normalized spacial score (nSPS) is 12.1. The molecule has 106 valence electrons. The van der Waals surface area contributed by atoms with Gasteiger partial charge in [-0.2, -0.15) is 0 Å². The van der Waals surface area contributed by atoms with Gasteiger partial charge >= 0.3 is 0 Å². The Morgan fingerprint density at radius 2 is 1.55 bits per heavy atom. The minimum absolute atomic E-state index is 0.263. The third kappa shape index (κ3) is 3.08. The molecule has 0 aromatic heterocycles. The zero-order valence-corrected chi connectivity index (χ0v) is 13.5. The van der Waals surface area contributed by atoms with E-state index in [1.807, 2.05) is 36.4 Å². The van der Waals surface area contributed by atoms with Crippen LogP contribution >= 0.6 is 27.5 Å². The quantitative estimate of drug-likeness (QED) is 0.894. The van der Waals surface area contributed by atoms with Crippen molar-refractivity contribution in [3.63, 3.8) is 0 Å². The van der Waals surface area contributed by atoms with Crippen LogP contribution in [-0.2, 0) is 0 Å². The van der Waals surface area contributed by atoms with Gasteiger partial charge in [0.1, 0.15) is 11.5 Å². The molecule has 0 bridgehead atoms. The number of rotatable bonds is 4. The van der Waals surface area contributed by atoms with Gasteiger partial charge in [-0.25, -0.2) is 0 Å². The van der Waals surface area contributed by atoms with E-state index in [2.05, 4.69) is 15.9 Å². The Hall–Kier alpha value is -1.23. The fourth-order valence-corrected chi connectivity index (χ4v) is 2.77. The lowest BCUT2D eigenvalue weighted by Gasteiger charge is -2.15. The van der Waals surface area contributed by atoms with Crippen molar-refractivity contribution >= 4 is 27.5 Å². The third-order valence-corrected chi connectivity index (χ3v) is 3.99. The van der Waals surface area contributed by atoms with Gasteiger partial charge in [0, 0.05) is 0 Å². The molecule has 20 heavy (non-hydrogen) atoms. The molecule has 0 saturated carbocycles. The highest BCUT2D eigenvalue weighted by Gasteiger charge is 2.13. The molecule has 1 atom stereocenters. The Bertz CT molecular complexity index is 565. The second kappa shape index (κ2) is 6.48. The Morgan fingerprint density at radius 1 is 1.00 bits per heavy atom. The predicted molar refractivity (Wildman–Crippen MR) is 84.7 cm³/mol. The van der Waals surface area contributed by atoms with Crippen molar-refractivity contribution in [2.24, 2.45) is 5.73 Å². The van der Waals surface area contributed by atoms with E-state index in [9.17, 15) is 0 Å². The third-order valence-electron chi connectivity index (χ3n) is 3.07. The fourth-order valence-electron chi connectivity index (χ4n) is 1.94. The molecule has 5 heteroatoms. The van der Waals surface area contributed by atoms with Gasteiger partial charge in [-0.15, -0.1) is 0 Å². The minimum Gasteiger partial charge on any atom is -0.496 e.